The van der Waals surface area contributed by atoms with Gasteiger partial charge in [0.25, 0.3) is 0 Å². The summed E-state index contributed by atoms with van der Waals surface area (Å²) >= 11 is 1.90. The molecule has 7 heteroatoms. The topological polar surface area (TPSA) is 57.7 Å². The molecule has 1 aliphatic rings. The number of thioether (sulfide) groups is 1. The minimum absolute atomic E-state index is 0.156. The fourth-order valence-corrected chi connectivity index (χ4v) is 5.18. The van der Waals surface area contributed by atoms with Crippen molar-refractivity contribution in [2.45, 2.75) is 31.8 Å². The number of sulfonamides is 1. The lowest BCUT2D eigenvalue weighted by molar-refractivity contribution is -0.132. The average Bonchev–Trinajstić information content (AvgIpc) is 2.54. The lowest BCUT2D eigenvalue weighted by Crippen LogP contribution is -2.51. The summed E-state index contributed by atoms with van der Waals surface area (Å²) in [7, 11) is -1.76. The number of hydrogen-bond acceptors (Lipinski definition) is 4. The van der Waals surface area contributed by atoms with E-state index in [1.807, 2.05) is 17.8 Å². The molecule has 128 valence electrons. The Kier molecular flexibility index (Phi) is 5.97. The van der Waals surface area contributed by atoms with Crippen LogP contribution in [-0.2, 0) is 14.8 Å². The van der Waals surface area contributed by atoms with Gasteiger partial charge in [-0.25, -0.2) is 8.42 Å². The van der Waals surface area contributed by atoms with E-state index >= 15 is 0 Å². The summed E-state index contributed by atoms with van der Waals surface area (Å²) in [6, 6.07) is 8.22. The zero-order chi connectivity index (χ0) is 17.0. The van der Waals surface area contributed by atoms with Gasteiger partial charge in [0.2, 0.25) is 15.9 Å². The van der Waals surface area contributed by atoms with Crippen LogP contribution >= 0.6 is 11.8 Å². The first-order chi connectivity index (χ1) is 10.8. The minimum atomic E-state index is -3.54. The number of carbonyl (C=O) groups excluding carboxylic acids is 1. The number of para-hydroxylation sites is 1. The van der Waals surface area contributed by atoms with Gasteiger partial charge < -0.3 is 4.90 Å². The van der Waals surface area contributed by atoms with Crippen LogP contribution in [0.2, 0.25) is 0 Å². The Hall–Kier alpha value is -1.21. The van der Waals surface area contributed by atoms with Crippen molar-refractivity contribution in [3.63, 3.8) is 0 Å². The van der Waals surface area contributed by atoms with Crippen LogP contribution in [0.1, 0.15) is 19.8 Å². The second kappa shape index (κ2) is 7.57. The van der Waals surface area contributed by atoms with Gasteiger partial charge in [-0.15, -0.1) is 0 Å². The molecule has 1 heterocycles. The maximum absolute atomic E-state index is 12.8. The third-order valence-corrected chi connectivity index (χ3v) is 6.45. The van der Waals surface area contributed by atoms with Crippen LogP contribution in [0.3, 0.4) is 0 Å². The van der Waals surface area contributed by atoms with Crippen molar-refractivity contribution in [3.8, 4) is 0 Å². The molecule has 1 aromatic rings. The minimum Gasteiger partial charge on any atom is -0.341 e. The van der Waals surface area contributed by atoms with Crippen molar-refractivity contribution >= 4 is 33.4 Å². The van der Waals surface area contributed by atoms with Crippen molar-refractivity contribution in [2.75, 3.05) is 29.1 Å². The van der Waals surface area contributed by atoms with Gasteiger partial charge in [-0.2, -0.15) is 11.8 Å². The Labute approximate surface area is 143 Å². The van der Waals surface area contributed by atoms with Gasteiger partial charge in [-0.05, 0) is 43.4 Å². The maximum atomic E-state index is 12.8. The molecule has 1 aliphatic heterocycles. The van der Waals surface area contributed by atoms with Crippen molar-refractivity contribution in [1.29, 1.82) is 0 Å². The number of hydrogen-bond donors (Lipinski definition) is 0. The van der Waals surface area contributed by atoms with Crippen LogP contribution < -0.4 is 4.31 Å². The summed E-state index contributed by atoms with van der Waals surface area (Å²) in [5.74, 6) is 1.94. The van der Waals surface area contributed by atoms with Gasteiger partial charge in [-0.3, -0.25) is 9.10 Å². The van der Waals surface area contributed by atoms with Crippen LogP contribution in [0.5, 0.6) is 0 Å². The number of anilines is 1. The normalized spacial score (nSPS) is 17.5. The largest absolute Gasteiger partial charge is 0.341 e. The van der Waals surface area contributed by atoms with Gasteiger partial charge in [0.05, 0.1) is 11.9 Å². The van der Waals surface area contributed by atoms with E-state index in [0.717, 1.165) is 30.6 Å². The predicted octanol–water partition coefficient (Wildman–Crippen LogP) is 2.20. The number of nitrogens with zero attached hydrogens (tertiary/aromatic N) is 2. The highest BCUT2D eigenvalue weighted by molar-refractivity contribution is 7.99. The predicted molar refractivity (Wildman–Crippen MR) is 96.3 cm³/mol. The van der Waals surface area contributed by atoms with Gasteiger partial charge in [0.1, 0.15) is 6.04 Å². The monoisotopic (exact) mass is 356 g/mol. The van der Waals surface area contributed by atoms with Gasteiger partial charge in [0.15, 0.2) is 0 Å². The van der Waals surface area contributed by atoms with E-state index in [4.69, 9.17) is 0 Å². The molecule has 0 unspecified atom stereocenters. The smallest absolute Gasteiger partial charge is 0.246 e. The number of likely N-dealkylation sites (N-methyl/N-ethyl adjacent to an activating group) is 1. The van der Waals surface area contributed by atoms with E-state index in [0.29, 0.717) is 5.69 Å². The van der Waals surface area contributed by atoms with Crippen LogP contribution in [-0.4, -0.2) is 56.1 Å². The van der Waals surface area contributed by atoms with Gasteiger partial charge in [-0.1, -0.05) is 18.2 Å². The van der Waals surface area contributed by atoms with Crippen LogP contribution in [0, 0.1) is 0 Å². The van der Waals surface area contributed by atoms with Crippen LogP contribution in [0.25, 0.3) is 0 Å². The first kappa shape index (κ1) is 18.1. The summed E-state index contributed by atoms with van der Waals surface area (Å²) < 4.78 is 25.7. The molecule has 5 nitrogen and oxygen atoms in total. The number of rotatable bonds is 5. The highest BCUT2D eigenvalue weighted by Gasteiger charge is 2.33. The lowest BCUT2D eigenvalue weighted by atomic mass is 10.1. The zero-order valence-corrected chi connectivity index (χ0v) is 15.4. The molecule has 1 saturated heterocycles. The Bertz CT molecular complexity index is 628. The number of benzene rings is 1. The lowest BCUT2D eigenvalue weighted by Gasteiger charge is -2.36. The summed E-state index contributed by atoms with van der Waals surface area (Å²) in [5, 5.41) is 0. The summed E-state index contributed by atoms with van der Waals surface area (Å²) in [6.07, 6.45) is 3.06. The van der Waals surface area contributed by atoms with Crippen molar-refractivity contribution in [3.05, 3.63) is 30.3 Å². The van der Waals surface area contributed by atoms with E-state index in [1.165, 1.54) is 4.31 Å². The van der Waals surface area contributed by atoms with Gasteiger partial charge >= 0.3 is 0 Å². The molecule has 0 spiro atoms. The Morgan fingerprint density at radius 2 is 1.78 bits per heavy atom. The highest BCUT2D eigenvalue weighted by Crippen LogP contribution is 2.24. The molecule has 0 bridgehead atoms. The number of amides is 1. The molecular weight excluding hydrogens is 332 g/mol. The third kappa shape index (κ3) is 4.41. The second-order valence-corrected chi connectivity index (χ2v) is 8.95. The molecule has 2 rings (SSSR count). The van der Waals surface area contributed by atoms with E-state index in [-0.39, 0.29) is 11.9 Å². The van der Waals surface area contributed by atoms with Crippen molar-refractivity contribution < 1.29 is 13.2 Å². The quantitative estimate of drug-likeness (QED) is 0.811. The summed E-state index contributed by atoms with van der Waals surface area (Å²) in [6.45, 7) is 1.66. The van der Waals surface area contributed by atoms with Crippen LogP contribution in [0.4, 0.5) is 5.69 Å². The van der Waals surface area contributed by atoms with E-state index < -0.39 is 16.1 Å². The van der Waals surface area contributed by atoms with Crippen LogP contribution in [0.15, 0.2) is 30.3 Å². The molecule has 0 saturated carbocycles. The fourth-order valence-electron chi connectivity index (χ4n) is 2.92. The molecule has 0 radical (unpaired) electrons. The number of carbonyl (C=O) groups is 1. The standard InChI is InChI=1S/C16H24N2O3S2/c1-13(16(19)17(2)14-9-11-22-12-10-14)18(23(3,20)21)15-7-5-4-6-8-15/h4-8,13-14H,9-12H2,1-3H3/t13-/m1/s1. The van der Waals surface area contributed by atoms with Gasteiger partial charge in [0, 0.05) is 13.1 Å². The third-order valence-electron chi connectivity index (χ3n) is 4.16. The average molecular weight is 357 g/mol. The zero-order valence-electron chi connectivity index (χ0n) is 13.8. The molecule has 23 heavy (non-hydrogen) atoms. The molecule has 1 amide bonds. The molecule has 0 aromatic heterocycles. The Morgan fingerprint density at radius 1 is 1.22 bits per heavy atom. The molecule has 1 fully saturated rings. The molecule has 0 N–H and O–H groups in total. The molecule has 1 aromatic carbocycles. The summed E-state index contributed by atoms with van der Waals surface area (Å²) in [5.41, 5.74) is 0.517. The Morgan fingerprint density at radius 3 is 2.30 bits per heavy atom. The van der Waals surface area contributed by atoms with Crippen molar-refractivity contribution in [2.24, 2.45) is 0 Å². The summed E-state index contributed by atoms with van der Waals surface area (Å²) in [4.78, 5) is 14.5. The fraction of sp³-hybridized carbons (Fsp3) is 0.562. The SMILES string of the molecule is C[C@H](C(=O)N(C)C1CCSCC1)N(c1ccccc1)S(C)(=O)=O. The van der Waals surface area contributed by atoms with E-state index in [1.54, 1.807) is 43.1 Å². The van der Waals surface area contributed by atoms with E-state index in [2.05, 4.69) is 0 Å². The highest BCUT2D eigenvalue weighted by atomic mass is 32.2. The van der Waals surface area contributed by atoms with E-state index in [9.17, 15) is 13.2 Å². The molecule has 0 aliphatic carbocycles. The molecular formula is C16H24N2O3S2. The maximum Gasteiger partial charge on any atom is 0.246 e. The Balaban J connectivity index is 2.23. The molecule has 1 atom stereocenters. The first-order valence-electron chi connectivity index (χ1n) is 7.71. The van der Waals surface area contributed by atoms with Crippen molar-refractivity contribution in [1.82, 2.24) is 4.90 Å². The second-order valence-electron chi connectivity index (χ2n) is 5.86. The first-order valence-corrected chi connectivity index (χ1v) is 10.7.